The topological polar surface area (TPSA) is 32.3 Å². The molecule has 2 nitrogen and oxygen atoms in total. The van der Waals surface area contributed by atoms with Gasteiger partial charge in [-0.15, -0.1) is 0 Å². The van der Waals surface area contributed by atoms with Gasteiger partial charge in [0, 0.05) is 19.5 Å². The lowest BCUT2D eigenvalue weighted by Gasteiger charge is -2.46. The van der Waals surface area contributed by atoms with Crippen LogP contribution in [0.3, 0.4) is 0 Å². The van der Waals surface area contributed by atoms with Gasteiger partial charge in [-0.25, -0.2) is 4.39 Å². The van der Waals surface area contributed by atoms with Crippen LogP contribution in [0.5, 0.6) is 0 Å². The van der Waals surface area contributed by atoms with Gasteiger partial charge in [0.25, 0.3) is 0 Å². The normalized spacial score (nSPS) is 16.5. The summed E-state index contributed by atoms with van der Waals surface area (Å²) in [6.07, 6.45) is -23.3. The number of hydrogen-bond donors (Lipinski definition) is 2. The van der Waals surface area contributed by atoms with Crippen LogP contribution in [0.1, 0.15) is 12.0 Å². The van der Waals surface area contributed by atoms with Crippen molar-refractivity contribution in [3.63, 3.8) is 0 Å². The van der Waals surface area contributed by atoms with Crippen LogP contribution < -0.4 is 5.32 Å². The van der Waals surface area contributed by atoms with Crippen LogP contribution in [-0.4, -0.2) is 83.2 Å². The predicted molar refractivity (Wildman–Crippen MR) is 104 cm³/mol. The second-order valence-electron chi connectivity index (χ2n) is 9.35. The Balaban J connectivity index is 3.57. The SMILES string of the molecule is O[C@H](CNCc1ccccc1)CC(F)(F)C(F)(F)C(F)(F)C(F)(F)C(F)(F)C(F)(F)C(F)(F)C(F)(F)C(F)(C(F)(F)F)C(F)(F)F. The minimum absolute atomic E-state index is 0.277. The van der Waals surface area contributed by atoms with Gasteiger partial charge in [-0.05, 0) is 5.56 Å². The van der Waals surface area contributed by atoms with Crippen LogP contribution in [-0.2, 0) is 6.54 Å². The van der Waals surface area contributed by atoms with Crippen LogP contribution in [0.25, 0.3) is 0 Å². The Morgan fingerprint density at radius 1 is 0.478 bits per heavy atom. The second-order valence-corrected chi connectivity index (χ2v) is 9.35. The summed E-state index contributed by atoms with van der Waals surface area (Å²) in [4.78, 5) is 0. The summed E-state index contributed by atoms with van der Waals surface area (Å²) in [5.74, 6) is -71.0. The van der Waals surface area contributed by atoms with E-state index >= 15 is 0 Å². The molecule has 1 atom stereocenters. The standard InChI is InChI=1S/C21H14F23NO/c22-11(23,6-10(46)8-45-7-9-4-2-1-3-5-9)13(25,26)15(29,30)17(33,34)19(37,38)18(35,36)16(31,32)14(27,28)12(24,20(39,40)41)21(42,43)44/h1-5,10,45-46H,6-8H2/t10-/m0/s1. The smallest absolute Gasteiger partial charge is 0.392 e. The molecule has 2 N–H and O–H groups in total. The van der Waals surface area contributed by atoms with Gasteiger partial charge < -0.3 is 10.4 Å². The zero-order valence-corrected chi connectivity index (χ0v) is 21.2. The summed E-state index contributed by atoms with van der Waals surface area (Å²) in [5, 5.41) is 11.4. The van der Waals surface area contributed by atoms with Crippen LogP contribution in [0.4, 0.5) is 101 Å². The van der Waals surface area contributed by atoms with E-state index in [0.29, 0.717) is 0 Å². The first-order chi connectivity index (χ1) is 20.0. The molecule has 1 aromatic carbocycles. The van der Waals surface area contributed by atoms with Gasteiger partial charge in [0.2, 0.25) is 0 Å². The van der Waals surface area contributed by atoms with Crippen molar-refractivity contribution in [2.75, 3.05) is 6.54 Å². The van der Waals surface area contributed by atoms with E-state index < -0.39 is 91.0 Å². The third-order valence-electron chi connectivity index (χ3n) is 6.08. The largest absolute Gasteiger partial charge is 0.438 e. The minimum Gasteiger partial charge on any atom is -0.392 e. The van der Waals surface area contributed by atoms with Crippen molar-refractivity contribution in [1.29, 1.82) is 0 Å². The molecule has 25 heteroatoms. The lowest BCUT2D eigenvalue weighted by Crippen LogP contribution is -2.79. The maximum Gasteiger partial charge on any atom is 0.438 e. The molecule has 0 unspecified atom stereocenters. The minimum atomic E-state index is -9.50. The molecule has 1 aromatic rings. The van der Waals surface area contributed by atoms with Gasteiger partial charge >= 0.3 is 65.4 Å². The van der Waals surface area contributed by atoms with Crippen molar-refractivity contribution in [3.8, 4) is 0 Å². The van der Waals surface area contributed by atoms with Gasteiger partial charge in [0.15, 0.2) is 0 Å². The van der Waals surface area contributed by atoms with Crippen LogP contribution in [0.15, 0.2) is 30.3 Å². The molecular weight excluding hydrogens is 719 g/mol. The number of halogens is 23. The van der Waals surface area contributed by atoms with Crippen molar-refractivity contribution in [1.82, 2.24) is 5.32 Å². The molecule has 1 rings (SSSR count). The predicted octanol–water partition coefficient (Wildman–Crippen LogP) is 8.44. The molecule has 0 heterocycles. The lowest BCUT2D eigenvalue weighted by atomic mass is 9.82. The van der Waals surface area contributed by atoms with Crippen molar-refractivity contribution in [2.45, 2.75) is 84.5 Å². The fraction of sp³-hybridized carbons (Fsp3) is 0.714. The van der Waals surface area contributed by atoms with Crippen LogP contribution in [0, 0.1) is 0 Å². The molecule has 0 aromatic heterocycles. The van der Waals surface area contributed by atoms with E-state index in [1.54, 1.807) is 0 Å². The molecular formula is C21H14F23NO. The molecule has 0 saturated heterocycles. The number of alkyl halides is 23. The summed E-state index contributed by atoms with van der Waals surface area (Å²) in [6, 6.07) is 6.84. The van der Waals surface area contributed by atoms with Crippen LogP contribution >= 0.6 is 0 Å². The van der Waals surface area contributed by atoms with Crippen molar-refractivity contribution in [2.24, 2.45) is 0 Å². The number of benzene rings is 1. The second kappa shape index (κ2) is 11.9. The first-order valence-corrected chi connectivity index (χ1v) is 11.2. The van der Waals surface area contributed by atoms with Crippen LogP contribution in [0.2, 0.25) is 0 Å². The average Bonchev–Trinajstić information content (AvgIpc) is 2.86. The number of aliphatic hydroxyl groups excluding tert-OH is 1. The molecule has 0 aliphatic heterocycles. The van der Waals surface area contributed by atoms with E-state index in [2.05, 4.69) is 0 Å². The quantitative estimate of drug-likeness (QED) is 0.188. The molecule has 0 saturated carbocycles. The molecule has 270 valence electrons. The average molecular weight is 733 g/mol. The Bertz CT molecular complexity index is 1160. The van der Waals surface area contributed by atoms with E-state index in [1.165, 1.54) is 30.3 Å². The highest BCUT2D eigenvalue weighted by molar-refractivity contribution is 5.21. The monoisotopic (exact) mass is 733 g/mol. The summed E-state index contributed by atoms with van der Waals surface area (Å²) >= 11 is 0. The molecule has 0 fully saturated rings. The zero-order valence-electron chi connectivity index (χ0n) is 21.2. The Labute approximate surface area is 239 Å². The lowest BCUT2D eigenvalue weighted by molar-refractivity contribution is -0.481. The highest BCUT2D eigenvalue weighted by Crippen LogP contribution is 2.67. The van der Waals surface area contributed by atoms with Gasteiger partial charge in [0.1, 0.15) is 0 Å². The molecule has 0 aliphatic rings. The highest BCUT2D eigenvalue weighted by Gasteiger charge is 3.00. The summed E-state index contributed by atoms with van der Waals surface area (Å²) in [5.41, 5.74) is -8.77. The van der Waals surface area contributed by atoms with E-state index in [4.69, 9.17) is 0 Å². The summed E-state index contributed by atoms with van der Waals surface area (Å²) < 4.78 is 310. The third kappa shape index (κ3) is 6.01. The molecule has 0 amide bonds. The summed E-state index contributed by atoms with van der Waals surface area (Å²) in [6.45, 7) is -1.72. The van der Waals surface area contributed by atoms with E-state index in [1.807, 2.05) is 5.32 Å². The third-order valence-corrected chi connectivity index (χ3v) is 6.08. The number of aliphatic hydroxyl groups is 1. The van der Waals surface area contributed by atoms with E-state index in [9.17, 15) is 106 Å². The molecule has 46 heavy (non-hydrogen) atoms. The zero-order chi connectivity index (χ0) is 37.0. The Kier molecular flexibility index (Phi) is 10.7. The fourth-order valence-corrected chi connectivity index (χ4v) is 3.42. The number of rotatable bonds is 14. The highest BCUT2D eigenvalue weighted by atomic mass is 19.4. The Hall–Kier alpha value is -2.47. The van der Waals surface area contributed by atoms with Gasteiger partial charge in [-0.3, -0.25) is 0 Å². The van der Waals surface area contributed by atoms with Crippen molar-refractivity contribution >= 4 is 0 Å². The molecule has 0 spiro atoms. The van der Waals surface area contributed by atoms with E-state index in [-0.39, 0.29) is 5.56 Å². The first kappa shape index (κ1) is 41.6. The Morgan fingerprint density at radius 3 is 1.15 bits per heavy atom. The van der Waals surface area contributed by atoms with Crippen molar-refractivity contribution in [3.05, 3.63) is 35.9 Å². The first-order valence-electron chi connectivity index (χ1n) is 11.2. The Morgan fingerprint density at radius 2 is 0.804 bits per heavy atom. The maximum absolute atomic E-state index is 14.0. The van der Waals surface area contributed by atoms with Gasteiger partial charge in [-0.1, -0.05) is 30.3 Å². The fourth-order valence-electron chi connectivity index (χ4n) is 3.42. The molecule has 0 aliphatic carbocycles. The number of hydrogen-bond acceptors (Lipinski definition) is 2. The maximum atomic E-state index is 14.0. The molecule has 0 bridgehead atoms. The van der Waals surface area contributed by atoms with E-state index in [0.717, 1.165) is 0 Å². The van der Waals surface area contributed by atoms with Gasteiger partial charge in [-0.2, -0.15) is 96.6 Å². The van der Waals surface area contributed by atoms with Crippen molar-refractivity contribution < 1.29 is 106 Å². The molecule has 0 radical (unpaired) electrons. The van der Waals surface area contributed by atoms with Gasteiger partial charge in [0.05, 0.1) is 6.10 Å². The summed E-state index contributed by atoms with van der Waals surface area (Å²) in [7, 11) is 0. The number of nitrogens with one attached hydrogen (secondary N) is 1.